The molecule has 8 heteroatoms. The zero-order valence-corrected chi connectivity index (χ0v) is 16.3. The number of sulfonamides is 1. The number of carbonyl (C=O) groups excluding carboxylic acids is 1. The van der Waals surface area contributed by atoms with Gasteiger partial charge >= 0.3 is 5.97 Å². The van der Waals surface area contributed by atoms with E-state index < -0.39 is 21.9 Å². The minimum absolute atomic E-state index is 0.0425. The van der Waals surface area contributed by atoms with E-state index in [1.54, 1.807) is 24.3 Å². The summed E-state index contributed by atoms with van der Waals surface area (Å²) in [6, 6.07) is 9.77. The fourth-order valence-corrected chi connectivity index (χ4v) is 4.22. The minimum atomic E-state index is -3.92. The summed E-state index contributed by atoms with van der Waals surface area (Å²) in [5, 5.41) is 13.0. The number of fused-ring (bicyclic) bond motifs is 1. The number of nitrogens with one attached hydrogen (secondary N) is 2. The fraction of sp³-hybridized carbons (Fsp3) is 0.368. The number of carboxylic acids is 1. The molecule has 2 aromatic carbocycles. The molecular weight excluding hydrogens is 368 g/mol. The van der Waals surface area contributed by atoms with Crippen LogP contribution in [0.5, 0.6) is 0 Å². The molecule has 146 valence electrons. The number of carboxylic acid groups (broad SMARTS) is 1. The number of anilines is 1. The maximum Gasteiger partial charge on any atom is 0.307 e. The molecule has 0 spiro atoms. The van der Waals surface area contributed by atoms with Gasteiger partial charge in [-0.05, 0) is 24.5 Å². The van der Waals surface area contributed by atoms with Crippen LogP contribution in [-0.2, 0) is 19.6 Å². The van der Waals surface area contributed by atoms with Crippen molar-refractivity contribution in [2.45, 2.75) is 32.1 Å². The Labute approximate surface area is 158 Å². The Morgan fingerprint density at radius 2 is 1.70 bits per heavy atom. The standard InChI is InChI=1S/C19H24N2O5S/c1-12(2)10-14(19(23)24)11-20-27(25,26)18-9-8-17(21-13(3)22)15-6-4-5-7-16(15)18/h4-9,12,14,20H,10-11H2,1-3H3,(H,21,22)(H,23,24). The van der Waals surface area contributed by atoms with E-state index >= 15 is 0 Å². The predicted octanol–water partition coefficient (Wildman–Crippen LogP) is 2.82. The third-order valence-corrected chi connectivity index (χ3v) is 5.59. The van der Waals surface area contributed by atoms with Crippen molar-refractivity contribution in [1.29, 1.82) is 0 Å². The maximum absolute atomic E-state index is 12.8. The summed E-state index contributed by atoms with van der Waals surface area (Å²) < 4.78 is 28.0. The number of amides is 1. The van der Waals surface area contributed by atoms with Crippen molar-refractivity contribution in [3.63, 3.8) is 0 Å². The molecule has 27 heavy (non-hydrogen) atoms. The van der Waals surface area contributed by atoms with Crippen molar-refractivity contribution in [3.8, 4) is 0 Å². The highest BCUT2D eigenvalue weighted by Crippen LogP contribution is 2.29. The van der Waals surface area contributed by atoms with Gasteiger partial charge < -0.3 is 10.4 Å². The zero-order chi connectivity index (χ0) is 20.2. The minimum Gasteiger partial charge on any atom is -0.481 e. The Kier molecular flexibility index (Phi) is 6.56. The molecule has 2 aromatic rings. The van der Waals surface area contributed by atoms with Gasteiger partial charge in [0.25, 0.3) is 0 Å². The summed E-state index contributed by atoms with van der Waals surface area (Å²) in [6.07, 6.45) is 0.375. The van der Waals surface area contributed by atoms with E-state index in [1.807, 2.05) is 13.8 Å². The van der Waals surface area contributed by atoms with Gasteiger partial charge in [0.2, 0.25) is 15.9 Å². The molecule has 1 atom stereocenters. The highest BCUT2D eigenvalue weighted by Gasteiger charge is 2.24. The first kappa shape index (κ1) is 20.9. The lowest BCUT2D eigenvalue weighted by molar-refractivity contribution is -0.142. The molecule has 0 aliphatic rings. The van der Waals surface area contributed by atoms with Gasteiger partial charge in [-0.25, -0.2) is 13.1 Å². The molecule has 0 aromatic heterocycles. The molecule has 3 N–H and O–H groups in total. The first-order valence-electron chi connectivity index (χ1n) is 8.63. The second kappa shape index (κ2) is 8.49. The summed E-state index contributed by atoms with van der Waals surface area (Å²) in [6.45, 7) is 4.97. The van der Waals surface area contributed by atoms with E-state index in [0.717, 1.165) is 0 Å². The summed E-state index contributed by atoms with van der Waals surface area (Å²) in [4.78, 5) is 22.8. The number of aliphatic carboxylic acids is 1. The van der Waals surface area contributed by atoms with Gasteiger partial charge in [0.1, 0.15) is 0 Å². The number of rotatable bonds is 8. The SMILES string of the molecule is CC(=O)Nc1ccc(S(=O)(=O)NCC(CC(C)C)C(=O)O)c2ccccc12. The smallest absolute Gasteiger partial charge is 0.307 e. The Balaban J connectivity index is 2.37. The fourth-order valence-electron chi connectivity index (χ4n) is 2.93. The molecule has 0 aliphatic carbocycles. The molecule has 0 bridgehead atoms. The lowest BCUT2D eigenvalue weighted by Gasteiger charge is -2.17. The lowest BCUT2D eigenvalue weighted by Crippen LogP contribution is -2.33. The molecule has 1 amide bonds. The number of hydrogen-bond acceptors (Lipinski definition) is 4. The van der Waals surface area contributed by atoms with Crippen LogP contribution in [0.4, 0.5) is 5.69 Å². The van der Waals surface area contributed by atoms with Crippen molar-refractivity contribution >= 4 is 38.4 Å². The molecule has 0 radical (unpaired) electrons. The Morgan fingerprint density at radius 1 is 1.07 bits per heavy atom. The lowest BCUT2D eigenvalue weighted by atomic mass is 9.98. The van der Waals surface area contributed by atoms with Crippen LogP contribution >= 0.6 is 0 Å². The van der Waals surface area contributed by atoms with Crippen molar-refractivity contribution in [1.82, 2.24) is 4.72 Å². The molecule has 1 unspecified atom stereocenters. The summed E-state index contributed by atoms with van der Waals surface area (Å²) >= 11 is 0. The monoisotopic (exact) mass is 392 g/mol. The Hall–Kier alpha value is -2.45. The summed E-state index contributed by atoms with van der Waals surface area (Å²) in [7, 11) is -3.92. The average molecular weight is 392 g/mol. The summed E-state index contributed by atoms with van der Waals surface area (Å²) in [5.74, 6) is -1.96. The van der Waals surface area contributed by atoms with E-state index in [2.05, 4.69) is 10.0 Å². The largest absolute Gasteiger partial charge is 0.481 e. The first-order valence-corrected chi connectivity index (χ1v) is 10.1. The second-order valence-electron chi connectivity index (χ2n) is 6.85. The third-order valence-electron chi connectivity index (χ3n) is 4.11. The molecule has 0 aliphatic heterocycles. The van der Waals surface area contributed by atoms with Crippen LogP contribution in [0.1, 0.15) is 27.2 Å². The van der Waals surface area contributed by atoms with Crippen molar-refractivity contribution in [2.24, 2.45) is 11.8 Å². The van der Waals surface area contributed by atoms with Gasteiger partial charge in [0, 0.05) is 29.9 Å². The molecule has 7 nitrogen and oxygen atoms in total. The van der Waals surface area contributed by atoms with Crippen molar-refractivity contribution in [3.05, 3.63) is 36.4 Å². The predicted molar refractivity (Wildman–Crippen MR) is 104 cm³/mol. The Morgan fingerprint density at radius 3 is 2.26 bits per heavy atom. The molecule has 0 saturated heterocycles. The van der Waals surface area contributed by atoms with E-state index in [1.165, 1.54) is 19.1 Å². The van der Waals surface area contributed by atoms with Gasteiger partial charge in [-0.15, -0.1) is 0 Å². The van der Waals surface area contributed by atoms with Gasteiger partial charge in [0.05, 0.1) is 10.8 Å². The number of carbonyl (C=O) groups is 2. The maximum atomic E-state index is 12.8. The molecule has 0 saturated carbocycles. The van der Waals surface area contributed by atoms with Gasteiger partial charge in [-0.3, -0.25) is 9.59 Å². The molecular formula is C19H24N2O5S. The van der Waals surface area contributed by atoms with E-state index in [0.29, 0.717) is 22.9 Å². The van der Waals surface area contributed by atoms with Crippen molar-refractivity contribution < 1.29 is 23.1 Å². The van der Waals surface area contributed by atoms with E-state index in [-0.39, 0.29) is 23.3 Å². The number of benzene rings is 2. The van der Waals surface area contributed by atoms with Crippen LogP contribution in [0.25, 0.3) is 10.8 Å². The van der Waals surface area contributed by atoms with Crippen LogP contribution in [0, 0.1) is 11.8 Å². The van der Waals surface area contributed by atoms with E-state index in [4.69, 9.17) is 0 Å². The van der Waals surface area contributed by atoms with Crippen molar-refractivity contribution in [2.75, 3.05) is 11.9 Å². The van der Waals surface area contributed by atoms with Gasteiger partial charge in [-0.2, -0.15) is 0 Å². The van der Waals surface area contributed by atoms with Crippen LogP contribution in [0.3, 0.4) is 0 Å². The van der Waals surface area contributed by atoms with Crippen LogP contribution in [0.2, 0.25) is 0 Å². The zero-order valence-electron chi connectivity index (χ0n) is 15.5. The van der Waals surface area contributed by atoms with Crippen LogP contribution in [0.15, 0.2) is 41.3 Å². The second-order valence-corrected chi connectivity index (χ2v) is 8.59. The Bertz CT molecular complexity index is 954. The molecule has 2 rings (SSSR count). The normalized spacial score (nSPS) is 12.9. The van der Waals surface area contributed by atoms with E-state index in [9.17, 15) is 23.1 Å². The quantitative estimate of drug-likeness (QED) is 0.639. The number of hydrogen-bond donors (Lipinski definition) is 3. The van der Waals surface area contributed by atoms with Crippen LogP contribution < -0.4 is 10.0 Å². The summed E-state index contributed by atoms with van der Waals surface area (Å²) in [5.41, 5.74) is 0.514. The average Bonchev–Trinajstić information content (AvgIpc) is 2.57. The highest BCUT2D eigenvalue weighted by atomic mass is 32.2. The molecule has 0 fully saturated rings. The topological polar surface area (TPSA) is 113 Å². The third kappa shape index (κ3) is 5.27. The molecule has 0 heterocycles. The van der Waals surface area contributed by atoms with Gasteiger partial charge in [0.15, 0.2) is 0 Å². The first-order chi connectivity index (χ1) is 12.6. The highest BCUT2D eigenvalue weighted by molar-refractivity contribution is 7.89. The van der Waals surface area contributed by atoms with Gasteiger partial charge in [-0.1, -0.05) is 38.1 Å². The van der Waals surface area contributed by atoms with Crippen LogP contribution in [-0.4, -0.2) is 31.9 Å².